The van der Waals surface area contributed by atoms with Gasteiger partial charge in [0.25, 0.3) is 0 Å². The van der Waals surface area contributed by atoms with Crippen molar-refractivity contribution in [2.75, 3.05) is 5.75 Å². The number of nitrogens with one attached hydrogen (secondary N) is 1. The van der Waals surface area contributed by atoms with Crippen LogP contribution in [-0.4, -0.2) is 23.1 Å². The molecule has 1 heterocycles. The molecule has 0 bridgehead atoms. The van der Waals surface area contributed by atoms with Crippen LogP contribution in [0.4, 0.5) is 0 Å². The third-order valence-corrected chi connectivity index (χ3v) is 5.76. The van der Waals surface area contributed by atoms with Gasteiger partial charge >= 0.3 is 0 Å². The third-order valence-electron chi connectivity index (χ3n) is 4.44. The van der Waals surface area contributed by atoms with Crippen LogP contribution >= 0.6 is 11.8 Å². The van der Waals surface area contributed by atoms with Gasteiger partial charge in [-0.05, 0) is 36.9 Å². The summed E-state index contributed by atoms with van der Waals surface area (Å²) in [6.07, 6.45) is 7.41. The fourth-order valence-corrected chi connectivity index (χ4v) is 4.65. The van der Waals surface area contributed by atoms with Crippen molar-refractivity contribution in [1.29, 1.82) is 0 Å². The van der Waals surface area contributed by atoms with Gasteiger partial charge in [0, 0.05) is 17.3 Å². The highest BCUT2D eigenvalue weighted by Gasteiger charge is 2.51. The van der Waals surface area contributed by atoms with E-state index in [-0.39, 0.29) is 0 Å². The average molecular weight is 211 g/mol. The minimum atomic E-state index is 0.829. The van der Waals surface area contributed by atoms with E-state index in [0.29, 0.717) is 0 Å². The standard InChI is InChI=1S/C12H21NS/c1-8-11(6-7-14-8)13-12-9-4-2-3-5-10(9)12/h8-13H,2-7H2,1H3. The van der Waals surface area contributed by atoms with E-state index < -0.39 is 0 Å². The van der Waals surface area contributed by atoms with Crippen LogP contribution in [0.3, 0.4) is 0 Å². The number of fused-ring (bicyclic) bond motifs is 1. The van der Waals surface area contributed by atoms with E-state index in [1.54, 1.807) is 0 Å². The van der Waals surface area contributed by atoms with Gasteiger partial charge in [0.15, 0.2) is 0 Å². The van der Waals surface area contributed by atoms with E-state index in [4.69, 9.17) is 0 Å². The van der Waals surface area contributed by atoms with Gasteiger partial charge in [-0.2, -0.15) is 11.8 Å². The van der Waals surface area contributed by atoms with E-state index in [1.165, 1.54) is 37.9 Å². The summed E-state index contributed by atoms with van der Waals surface area (Å²) >= 11 is 2.15. The Morgan fingerprint density at radius 1 is 1.07 bits per heavy atom. The molecule has 1 nitrogen and oxygen atoms in total. The second-order valence-corrected chi connectivity index (χ2v) is 6.76. The summed E-state index contributed by atoms with van der Waals surface area (Å²) in [6.45, 7) is 2.39. The highest BCUT2D eigenvalue weighted by molar-refractivity contribution is 8.00. The molecular formula is C12H21NS. The maximum Gasteiger partial charge on any atom is 0.0194 e. The second-order valence-electron chi connectivity index (χ2n) is 5.28. The lowest BCUT2D eigenvalue weighted by molar-refractivity contribution is 0.480. The topological polar surface area (TPSA) is 12.0 Å². The monoisotopic (exact) mass is 211 g/mol. The Labute approximate surface area is 91.4 Å². The SMILES string of the molecule is CC1SCCC1NC1C2CCCCC21. The molecule has 0 aromatic heterocycles. The predicted molar refractivity (Wildman–Crippen MR) is 62.7 cm³/mol. The van der Waals surface area contributed by atoms with Gasteiger partial charge < -0.3 is 5.32 Å². The summed E-state index contributed by atoms with van der Waals surface area (Å²) < 4.78 is 0. The molecule has 2 aliphatic carbocycles. The maximum absolute atomic E-state index is 3.92. The Morgan fingerprint density at radius 3 is 2.36 bits per heavy atom. The van der Waals surface area contributed by atoms with Gasteiger partial charge in [-0.1, -0.05) is 19.8 Å². The summed E-state index contributed by atoms with van der Waals surface area (Å²) in [6, 6.07) is 1.75. The molecule has 3 fully saturated rings. The summed E-state index contributed by atoms with van der Waals surface area (Å²) in [5.74, 6) is 3.52. The highest BCUT2D eigenvalue weighted by Crippen LogP contribution is 2.50. The molecule has 3 rings (SSSR count). The maximum atomic E-state index is 3.92. The van der Waals surface area contributed by atoms with Crippen molar-refractivity contribution in [3.05, 3.63) is 0 Å². The lowest BCUT2D eigenvalue weighted by Gasteiger charge is -2.16. The summed E-state index contributed by atoms with van der Waals surface area (Å²) in [7, 11) is 0. The van der Waals surface area contributed by atoms with Crippen molar-refractivity contribution >= 4 is 11.8 Å². The van der Waals surface area contributed by atoms with Crippen molar-refractivity contribution in [2.45, 2.75) is 56.4 Å². The highest BCUT2D eigenvalue weighted by atomic mass is 32.2. The van der Waals surface area contributed by atoms with Crippen molar-refractivity contribution in [3.8, 4) is 0 Å². The molecule has 0 radical (unpaired) electrons. The van der Waals surface area contributed by atoms with Crippen molar-refractivity contribution in [2.24, 2.45) is 11.8 Å². The van der Waals surface area contributed by atoms with E-state index in [0.717, 1.165) is 29.2 Å². The summed E-state index contributed by atoms with van der Waals surface area (Å²) in [4.78, 5) is 0. The van der Waals surface area contributed by atoms with Crippen LogP contribution in [0.15, 0.2) is 0 Å². The summed E-state index contributed by atoms with van der Waals surface area (Å²) in [5, 5.41) is 4.78. The lowest BCUT2D eigenvalue weighted by atomic mass is 10.0. The molecule has 0 aromatic carbocycles. The van der Waals surface area contributed by atoms with Gasteiger partial charge in [0.05, 0.1) is 0 Å². The Bertz CT molecular complexity index is 206. The average Bonchev–Trinajstić information content (AvgIpc) is 2.75. The molecule has 4 atom stereocenters. The molecule has 1 N–H and O–H groups in total. The smallest absolute Gasteiger partial charge is 0.0194 e. The zero-order valence-corrected chi connectivity index (χ0v) is 9.85. The molecule has 3 aliphatic rings. The van der Waals surface area contributed by atoms with Crippen LogP contribution in [-0.2, 0) is 0 Å². The van der Waals surface area contributed by atoms with Gasteiger partial charge in [-0.3, -0.25) is 0 Å². The Morgan fingerprint density at radius 2 is 1.79 bits per heavy atom. The fourth-order valence-electron chi connectivity index (χ4n) is 3.44. The third kappa shape index (κ3) is 1.61. The van der Waals surface area contributed by atoms with Gasteiger partial charge in [0.1, 0.15) is 0 Å². The molecule has 0 aromatic rings. The molecule has 0 amide bonds. The van der Waals surface area contributed by atoms with Crippen LogP contribution in [0.25, 0.3) is 0 Å². The molecule has 1 aliphatic heterocycles. The Hall–Kier alpha value is 0.310. The fraction of sp³-hybridized carbons (Fsp3) is 1.00. The first-order valence-electron chi connectivity index (χ1n) is 6.24. The van der Waals surface area contributed by atoms with Gasteiger partial charge in [0.2, 0.25) is 0 Å². The molecular weight excluding hydrogens is 190 g/mol. The van der Waals surface area contributed by atoms with Gasteiger partial charge in [-0.25, -0.2) is 0 Å². The Kier molecular flexibility index (Phi) is 2.53. The molecule has 0 spiro atoms. The molecule has 80 valence electrons. The first-order valence-corrected chi connectivity index (χ1v) is 7.29. The van der Waals surface area contributed by atoms with Crippen LogP contribution in [0.2, 0.25) is 0 Å². The number of rotatable bonds is 2. The molecule has 4 unspecified atom stereocenters. The number of hydrogen-bond acceptors (Lipinski definition) is 2. The predicted octanol–water partition coefficient (Wildman–Crippen LogP) is 2.66. The van der Waals surface area contributed by atoms with E-state index in [1.807, 2.05) is 0 Å². The van der Waals surface area contributed by atoms with Crippen molar-refractivity contribution < 1.29 is 0 Å². The minimum absolute atomic E-state index is 0.829. The largest absolute Gasteiger partial charge is 0.310 e. The lowest BCUT2D eigenvalue weighted by Crippen LogP contribution is -2.36. The first kappa shape index (κ1) is 9.53. The van der Waals surface area contributed by atoms with Crippen LogP contribution in [0.5, 0.6) is 0 Å². The number of hydrogen-bond donors (Lipinski definition) is 1. The van der Waals surface area contributed by atoms with Crippen LogP contribution in [0, 0.1) is 11.8 Å². The van der Waals surface area contributed by atoms with E-state index >= 15 is 0 Å². The van der Waals surface area contributed by atoms with Crippen molar-refractivity contribution in [1.82, 2.24) is 5.32 Å². The van der Waals surface area contributed by atoms with E-state index in [9.17, 15) is 0 Å². The van der Waals surface area contributed by atoms with Crippen molar-refractivity contribution in [3.63, 3.8) is 0 Å². The van der Waals surface area contributed by atoms with Gasteiger partial charge in [-0.15, -0.1) is 0 Å². The molecule has 2 heteroatoms. The normalized spacial score (nSPS) is 51.6. The Balaban J connectivity index is 1.53. The zero-order valence-electron chi connectivity index (χ0n) is 9.04. The van der Waals surface area contributed by atoms with E-state index in [2.05, 4.69) is 24.0 Å². The number of thioether (sulfide) groups is 1. The zero-order chi connectivity index (χ0) is 9.54. The molecule has 2 saturated carbocycles. The van der Waals surface area contributed by atoms with Crippen LogP contribution in [0.1, 0.15) is 39.0 Å². The second kappa shape index (κ2) is 3.71. The quantitative estimate of drug-likeness (QED) is 0.753. The summed E-state index contributed by atoms with van der Waals surface area (Å²) in [5.41, 5.74) is 0. The minimum Gasteiger partial charge on any atom is -0.310 e. The molecule has 1 saturated heterocycles. The van der Waals surface area contributed by atoms with Crippen LogP contribution < -0.4 is 5.32 Å². The first-order chi connectivity index (χ1) is 6.86. The molecule has 14 heavy (non-hydrogen) atoms.